The number of hydrogen-bond acceptors (Lipinski definition) is 5. The van der Waals surface area contributed by atoms with Crippen LogP contribution in [-0.2, 0) is 6.42 Å². The van der Waals surface area contributed by atoms with Crippen molar-refractivity contribution in [3.63, 3.8) is 0 Å². The summed E-state index contributed by atoms with van der Waals surface area (Å²) in [4.78, 5) is 12.3. The quantitative estimate of drug-likeness (QED) is 0.297. The highest BCUT2D eigenvalue weighted by molar-refractivity contribution is 5.96. The average Bonchev–Trinajstić information content (AvgIpc) is 3.18. The minimum Gasteiger partial charge on any atom is -0.490 e. The van der Waals surface area contributed by atoms with Crippen LogP contribution < -0.4 is 14.9 Å². The number of hydrogen-bond donors (Lipinski definition) is 1. The average molecular weight is 404 g/mol. The lowest BCUT2D eigenvalue weighted by atomic mass is 10.1. The van der Waals surface area contributed by atoms with Crippen molar-refractivity contribution < 1.29 is 18.7 Å². The van der Waals surface area contributed by atoms with E-state index in [1.54, 1.807) is 24.4 Å². The molecule has 30 heavy (non-hydrogen) atoms. The zero-order chi connectivity index (χ0) is 21.3. The lowest BCUT2D eigenvalue weighted by Crippen LogP contribution is -2.16. The number of nitrogens with zero attached hydrogens (tertiary/aromatic N) is 1. The van der Waals surface area contributed by atoms with E-state index in [-0.39, 0.29) is 5.76 Å². The Kier molecular flexibility index (Phi) is 7.05. The van der Waals surface area contributed by atoms with Gasteiger partial charge in [-0.05, 0) is 43.2 Å². The van der Waals surface area contributed by atoms with Crippen molar-refractivity contribution in [3.8, 4) is 11.5 Å². The first-order valence-corrected chi connectivity index (χ1v) is 9.62. The van der Waals surface area contributed by atoms with E-state index in [9.17, 15) is 4.79 Å². The Balaban J connectivity index is 1.79. The van der Waals surface area contributed by atoms with Gasteiger partial charge in [-0.3, -0.25) is 4.79 Å². The number of carbonyl (C=O) groups excluding carboxylic acids is 1. The van der Waals surface area contributed by atoms with Gasteiger partial charge in [0.1, 0.15) is 12.2 Å². The van der Waals surface area contributed by atoms with E-state index in [1.165, 1.54) is 0 Å². The maximum absolute atomic E-state index is 12.3. The van der Waals surface area contributed by atoms with Gasteiger partial charge in [-0.15, -0.1) is 6.58 Å². The highest BCUT2D eigenvalue weighted by atomic mass is 16.5. The van der Waals surface area contributed by atoms with E-state index in [1.807, 2.05) is 43.3 Å². The van der Waals surface area contributed by atoms with Gasteiger partial charge in [0.05, 0.1) is 12.8 Å². The van der Waals surface area contributed by atoms with Crippen LogP contribution in [0.3, 0.4) is 0 Å². The third-order valence-corrected chi connectivity index (χ3v) is 4.19. The molecule has 1 heterocycles. The minimum absolute atomic E-state index is 0.198. The summed E-state index contributed by atoms with van der Waals surface area (Å²) in [6.07, 6.45) is 5.61. The van der Waals surface area contributed by atoms with E-state index in [4.69, 9.17) is 13.9 Å². The molecule has 0 saturated carbocycles. The van der Waals surface area contributed by atoms with Gasteiger partial charge < -0.3 is 13.9 Å². The van der Waals surface area contributed by atoms with Crippen molar-refractivity contribution >= 4 is 23.1 Å². The molecular weight excluding hydrogens is 380 g/mol. The van der Waals surface area contributed by atoms with Gasteiger partial charge in [0.25, 0.3) is 0 Å². The van der Waals surface area contributed by atoms with Crippen LogP contribution in [0.25, 0.3) is 11.0 Å². The SMILES string of the molecule is C=CCOc1c(CC=C)cc(/C=N/NC(=O)c2cc3ccccc3o2)cc1OCC. The van der Waals surface area contributed by atoms with Gasteiger partial charge in [-0.1, -0.05) is 36.9 Å². The molecule has 1 N–H and O–H groups in total. The summed E-state index contributed by atoms with van der Waals surface area (Å²) < 4.78 is 17.1. The molecule has 1 aromatic heterocycles. The predicted molar refractivity (Wildman–Crippen MR) is 118 cm³/mol. The van der Waals surface area contributed by atoms with Crippen LogP contribution >= 0.6 is 0 Å². The van der Waals surface area contributed by atoms with E-state index in [0.717, 1.165) is 16.5 Å². The van der Waals surface area contributed by atoms with Gasteiger partial charge in [-0.2, -0.15) is 5.10 Å². The van der Waals surface area contributed by atoms with Crippen LogP contribution in [0.15, 0.2) is 77.3 Å². The first-order chi connectivity index (χ1) is 14.7. The van der Waals surface area contributed by atoms with Crippen LogP contribution in [0, 0.1) is 0 Å². The van der Waals surface area contributed by atoms with E-state index in [2.05, 4.69) is 23.7 Å². The number of benzene rings is 2. The number of rotatable bonds is 10. The van der Waals surface area contributed by atoms with E-state index in [0.29, 0.717) is 36.7 Å². The molecule has 2 aromatic carbocycles. The van der Waals surface area contributed by atoms with Crippen LogP contribution in [0.1, 0.15) is 28.6 Å². The first-order valence-electron chi connectivity index (χ1n) is 9.62. The maximum atomic E-state index is 12.3. The summed E-state index contributed by atoms with van der Waals surface area (Å²) in [5.41, 5.74) is 4.80. The smallest absolute Gasteiger partial charge is 0.307 e. The Morgan fingerprint density at radius 1 is 1.17 bits per heavy atom. The Morgan fingerprint density at radius 2 is 2.00 bits per heavy atom. The molecule has 0 saturated heterocycles. The summed E-state index contributed by atoms with van der Waals surface area (Å²) in [5.74, 6) is 1.03. The number of hydrazone groups is 1. The van der Waals surface area contributed by atoms with E-state index < -0.39 is 5.91 Å². The van der Waals surface area contributed by atoms with Crippen LogP contribution in [-0.4, -0.2) is 25.3 Å². The summed E-state index contributed by atoms with van der Waals surface area (Å²) in [6.45, 7) is 10.2. The van der Waals surface area contributed by atoms with Crippen molar-refractivity contribution in [1.82, 2.24) is 5.43 Å². The summed E-state index contributed by atoms with van der Waals surface area (Å²) >= 11 is 0. The zero-order valence-corrected chi connectivity index (χ0v) is 16.9. The van der Waals surface area contributed by atoms with Gasteiger partial charge >= 0.3 is 5.91 Å². The normalized spacial score (nSPS) is 10.8. The summed E-state index contributed by atoms with van der Waals surface area (Å²) in [6, 6.07) is 12.8. The molecule has 0 radical (unpaired) electrons. The molecule has 0 atom stereocenters. The molecule has 6 nitrogen and oxygen atoms in total. The van der Waals surface area contributed by atoms with Crippen LogP contribution in [0.4, 0.5) is 0 Å². The van der Waals surface area contributed by atoms with E-state index >= 15 is 0 Å². The number of nitrogens with one attached hydrogen (secondary N) is 1. The maximum Gasteiger partial charge on any atom is 0.307 e. The van der Waals surface area contributed by atoms with Crippen LogP contribution in [0.5, 0.6) is 11.5 Å². The molecular formula is C24H24N2O4. The fraction of sp³-hybridized carbons (Fsp3) is 0.167. The molecule has 3 aromatic rings. The molecule has 0 fully saturated rings. The molecule has 0 aliphatic rings. The summed E-state index contributed by atoms with van der Waals surface area (Å²) in [7, 11) is 0. The highest BCUT2D eigenvalue weighted by Gasteiger charge is 2.13. The number of furan rings is 1. The Bertz CT molecular complexity index is 1050. The first kappa shape index (κ1) is 20.9. The number of amides is 1. The molecule has 3 rings (SSSR count). The largest absolute Gasteiger partial charge is 0.490 e. The fourth-order valence-electron chi connectivity index (χ4n) is 2.95. The van der Waals surface area contributed by atoms with Gasteiger partial charge in [0.2, 0.25) is 0 Å². The molecule has 0 aliphatic heterocycles. The molecule has 1 amide bonds. The Morgan fingerprint density at radius 3 is 2.73 bits per heavy atom. The number of ether oxygens (including phenoxy) is 2. The second kappa shape index (κ2) is 10.1. The van der Waals surface area contributed by atoms with Crippen molar-refractivity contribution in [2.24, 2.45) is 5.10 Å². The van der Waals surface area contributed by atoms with Gasteiger partial charge in [0, 0.05) is 10.9 Å². The zero-order valence-electron chi connectivity index (χ0n) is 16.9. The highest BCUT2D eigenvalue weighted by Crippen LogP contribution is 2.33. The second-order valence-corrected chi connectivity index (χ2v) is 6.38. The lowest BCUT2D eigenvalue weighted by Gasteiger charge is -2.15. The predicted octanol–water partition coefficient (Wildman–Crippen LogP) is 4.89. The molecule has 0 bridgehead atoms. The molecule has 0 spiro atoms. The van der Waals surface area contributed by atoms with Gasteiger partial charge in [0.15, 0.2) is 17.3 Å². The summed E-state index contributed by atoms with van der Waals surface area (Å²) in [5, 5.41) is 4.92. The molecule has 0 aliphatic carbocycles. The Labute approximate surface area is 175 Å². The monoisotopic (exact) mass is 404 g/mol. The van der Waals surface area contributed by atoms with Crippen LogP contribution in [0.2, 0.25) is 0 Å². The van der Waals surface area contributed by atoms with Crippen molar-refractivity contribution in [1.29, 1.82) is 0 Å². The number of carbonyl (C=O) groups is 1. The van der Waals surface area contributed by atoms with Crippen molar-refractivity contribution in [2.45, 2.75) is 13.3 Å². The third kappa shape index (κ3) is 4.97. The minimum atomic E-state index is -0.426. The fourth-order valence-corrected chi connectivity index (χ4v) is 2.95. The number of para-hydroxylation sites is 1. The number of fused-ring (bicyclic) bond motifs is 1. The number of allylic oxidation sites excluding steroid dienone is 1. The van der Waals surface area contributed by atoms with Crippen molar-refractivity contribution in [2.75, 3.05) is 13.2 Å². The van der Waals surface area contributed by atoms with Crippen molar-refractivity contribution in [3.05, 3.63) is 84.7 Å². The third-order valence-electron chi connectivity index (χ3n) is 4.19. The second-order valence-electron chi connectivity index (χ2n) is 6.38. The molecule has 0 unspecified atom stereocenters. The standard InChI is InChI=1S/C24H24N2O4/c1-4-9-19-13-17(14-21(28-6-3)23(19)29-12-5-2)16-25-26-24(27)22-15-18-10-7-8-11-20(18)30-22/h4-5,7-8,10-11,13-16H,1-2,6,9,12H2,3H3,(H,26,27)/b25-16+. The Hall–Kier alpha value is -3.80. The molecule has 154 valence electrons. The molecule has 6 heteroatoms. The topological polar surface area (TPSA) is 73.1 Å². The lowest BCUT2D eigenvalue weighted by molar-refractivity contribution is 0.0929. The van der Waals surface area contributed by atoms with Gasteiger partial charge in [-0.25, -0.2) is 5.43 Å².